The Labute approximate surface area is 230 Å². The average molecular weight is 511 g/mol. The monoisotopic (exact) mass is 510 g/mol. The molecule has 3 rings (SSSR count). The third kappa shape index (κ3) is 7.93. The Morgan fingerprint density at radius 2 is 1.39 bits per heavy atom. The molecule has 0 bridgehead atoms. The average Bonchev–Trinajstić information content (AvgIpc) is 2.85. The summed E-state index contributed by atoms with van der Waals surface area (Å²) >= 11 is 0. The van der Waals surface area contributed by atoms with Crippen molar-refractivity contribution in [3.63, 3.8) is 0 Å². The maximum Gasteiger partial charge on any atom is 0.303 e. The molecule has 0 unspecified atom stereocenters. The summed E-state index contributed by atoms with van der Waals surface area (Å²) in [6.07, 6.45) is 6.85. The highest BCUT2D eigenvalue weighted by atomic mass is 16.4. The van der Waals surface area contributed by atoms with Gasteiger partial charge in [0.05, 0.1) is 0 Å². The van der Waals surface area contributed by atoms with Crippen molar-refractivity contribution < 1.29 is 9.90 Å². The van der Waals surface area contributed by atoms with Crippen LogP contribution in [0.25, 0.3) is 22.3 Å². The normalized spacial score (nSPS) is 11.5. The highest BCUT2D eigenvalue weighted by Gasteiger charge is 2.16. The number of hydrogen-bond donors (Lipinski definition) is 1. The first-order chi connectivity index (χ1) is 18.1. The molecule has 0 aromatic heterocycles. The van der Waals surface area contributed by atoms with Crippen LogP contribution < -0.4 is 0 Å². The number of aryl methyl sites for hydroxylation is 2. The van der Waals surface area contributed by atoms with Crippen LogP contribution in [0.2, 0.25) is 0 Å². The van der Waals surface area contributed by atoms with Gasteiger partial charge in [0.1, 0.15) is 0 Å². The van der Waals surface area contributed by atoms with E-state index in [4.69, 9.17) is 5.11 Å². The Morgan fingerprint density at radius 3 is 2.03 bits per heavy atom. The molecule has 202 valence electrons. The maximum absolute atomic E-state index is 11.1. The van der Waals surface area contributed by atoms with Crippen LogP contribution in [0.15, 0.2) is 67.3 Å². The molecule has 0 aliphatic rings. The number of allylic oxidation sites excluding steroid dienone is 1. The zero-order chi connectivity index (χ0) is 27.8. The van der Waals surface area contributed by atoms with Gasteiger partial charge in [0.2, 0.25) is 0 Å². The molecule has 38 heavy (non-hydrogen) atoms. The van der Waals surface area contributed by atoms with E-state index >= 15 is 0 Å². The Balaban J connectivity index is 2.06. The van der Waals surface area contributed by atoms with Crippen molar-refractivity contribution >= 4 is 5.97 Å². The molecule has 2 nitrogen and oxygen atoms in total. The van der Waals surface area contributed by atoms with Gasteiger partial charge in [-0.3, -0.25) is 4.79 Å². The highest BCUT2D eigenvalue weighted by molar-refractivity contribution is 5.76. The first-order valence-corrected chi connectivity index (χ1v) is 14.3. The predicted octanol–water partition coefficient (Wildman–Crippen LogP) is 9.68. The lowest BCUT2D eigenvalue weighted by atomic mass is 9.85. The summed E-state index contributed by atoms with van der Waals surface area (Å²) in [5.41, 5.74) is 11.8. The van der Waals surface area contributed by atoms with Gasteiger partial charge in [0, 0.05) is 6.42 Å². The molecule has 0 atom stereocenters. The molecule has 0 fully saturated rings. The third-order valence-corrected chi connectivity index (χ3v) is 7.17. The van der Waals surface area contributed by atoms with Crippen molar-refractivity contribution in [1.29, 1.82) is 0 Å². The Kier molecular flexibility index (Phi) is 10.5. The summed E-state index contributed by atoms with van der Waals surface area (Å²) in [5.74, 6) is 0.771. The molecule has 0 saturated carbocycles. The molecule has 2 heteroatoms. The van der Waals surface area contributed by atoms with E-state index in [-0.39, 0.29) is 6.42 Å². The number of rotatable bonds is 13. The molecule has 0 amide bonds. The first-order valence-electron chi connectivity index (χ1n) is 14.3. The molecule has 0 aliphatic carbocycles. The number of carboxylic acid groups (broad SMARTS) is 1. The fraction of sp³-hybridized carbons (Fsp3) is 0.417. The van der Waals surface area contributed by atoms with Crippen LogP contribution in [0.5, 0.6) is 0 Å². The van der Waals surface area contributed by atoms with Gasteiger partial charge in [-0.2, -0.15) is 0 Å². The van der Waals surface area contributed by atoms with Gasteiger partial charge >= 0.3 is 5.97 Å². The fourth-order valence-electron chi connectivity index (χ4n) is 5.34. The predicted molar refractivity (Wildman–Crippen MR) is 163 cm³/mol. The van der Waals surface area contributed by atoms with E-state index < -0.39 is 5.97 Å². The molecular formula is C36H46O2. The van der Waals surface area contributed by atoms with E-state index in [0.717, 1.165) is 31.2 Å². The lowest BCUT2D eigenvalue weighted by Gasteiger charge is -2.20. The lowest BCUT2D eigenvalue weighted by Crippen LogP contribution is -2.02. The lowest BCUT2D eigenvalue weighted by molar-refractivity contribution is -0.136. The summed E-state index contributed by atoms with van der Waals surface area (Å²) in [6.45, 7) is 17.5. The Bertz CT molecular complexity index is 1250. The number of aliphatic carboxylic acids is 1. The van der Waals surface area contributed by atoms with Crippen LogP contribution in [0, 0.1) is 11.8 Å². The van der Waals surface area contributed by atoms with E-state index in [9.17, 15) is 4.79 Å². The van der Waals surface area contributed by atoms with Gasteiger partial charge < -0.3 is 5.11 Å². The minimum atomic E-state index is -0.748. The second-order valence-corrected chi connectivity index (χ2v) is 11.8. The molecule has 0 saturated heterocycles. The molecule has 1 N–H and O–H groups in total. The summed E-state index contributed by atoms with van der Waals surface area (Å²) in [4.78, 5) is 11.1. The van der Waals surface area contributed by atoms with Gasteiger partial charge in [-0.05, 0) is 99.9 Å². The first kappa shape index (κ1) is 29.4. The van der Waals surface area contributed by atoms with Crippen LogP contribution in [-0.4, -0.2) is 11.1 Å². The van der Waals surface area contributed by atoms with Crippen LogP contribution in [0.3, 0.4) is 0 Å². The Hall–Kier alpha value is -3.13. The highest BCUT2D eigenvalue weighted by Crippen LogP contribution is 2.36. The van der Waals surface area contributed by atoms with E-state index in [2.05, 4.69) is 103 Å². The maximum atomic E-state index is 11.1. The zero-order valence-corrected chi connectivity index (χ0v) is 24.3. The SMILES string of the molecule is C=CCCc1ccc(-c2ccc(-c3ccc(CCC(=O)O)cc3CC(C)C)cc2C(C)C)cc1CC(C)C. The fourth-order valence-corrected chi connectivity index (χ4v) is 5.34. The number of benzene rings is 3. The minimum absolute atomic E-state index is 0.165. The summed E-state index contributed by atoms with van der Waals surface area (Å²) in [7, 11) is 0. The van der Waals surface area contributed by atoms with E-state index in [0.29, 0.717) is 24.2 Å². The quantitative estimate of drug-likeness (QED) is 0.232. The molecule has 0 spiro atoms. The van der Waals surface area contributed by atoms with Crippen molar-refractivity contribution in [3.8, 4) is 22.3 Å². The van der Waals surface area contributed by atoms with Crippen LogP contribution in [-0.2, 0) is 30.5 Å². The molecule has 0 aliphatic heterocycles. The summed E-state index contributed by atoms with van der Waals surface area (Å²) in [6, 6.07) is 20.5. The van der Waals surface area contributed by atoms with E-state index in [1.54, 1.807) is 0 Å². The number of hydrogen-bond acceptors (Lipinski definition) is 1. The van der Waals surface area contributed by atoms with Gasteiger partial charge in [0.15, 0.2) is 0 Å². The van der Waals surface area contributed by atoms with Crippen LogP contribution in [0.1, 0.15) is 88.1 Å². The molecule has 0 radical (unpaired) electrons. The topological polar surface area (TPSA) is 37.3 Å². The van der Waals surface area contributed by atoms with Gasteiger partial charge in [0.25, 0.3) is 0 Å². The van der Waals surface area contributed by atoms with Crippen molar-refractivity contribution in [1.82, 2.24) is 0 Å². The van der Waals surface area contributed by atoms with Crippen LogP contribution >= 0.6 is 0 Å². The molecule has 3 aromatic carbocycles. The van der Waals surface area contributed by atoms with E-state index in [1.165, 1.54) is 44.5 Å². The smallest absolute Gasteiger partial charge is 0.303 e. The van der Waals surface area contributed by atoms with Crippen molar-refractivity contribution in [3.05, 3.63) is 95.1 Å². The standard InChI is InChI=1S/C36H46O2/c1-8-9-10-28-13-14-29(22-31(28)19-24(2)3)34-17-15-30(23-35(34)26(6)7)33-16-11-27(12-18-36(37)38)21-32(33)20-25(4)5/h8,11,13-17,21-26H,1,9-10,12,18-20H2,2-7H3,(H,37,38). The van der Waals surface area contributed by atoms with Crippen molar-refractivity contribution in [2.75, 3.05) is 0 Å². The van der Waals surface area contributed by atoms with Gasteiger partial charge in [-0.1, -0.05) is 102 Å². The second-order valence-electron chi connectivity index (χ2n) is 11.8. The van der Waals surface area contributed by atoms with Crippen LogP contribution in [0.4, 0.5) is 0 Å². The third-order valence-electron chi connectivity index (χ3n) is 7.17. The summed E-state index contributed by atoms with van der Waals surface area (Å²) < 4.78 is 0. The molecular weight excluding hydrogens is 464 g/mol. The number of carbonyl (C=O) groups is 1. The van der Waals surface area contributed by atoms with Gasteiger partial charge in [-0.25, -0.2) is 0 Å². The second kappa shape index (κ2) is 13.6. The molecule has 0 heterocycles. The Morgan fingerprint density at radius 1 is 0.763 bits per heavy atom. The van der Waals surface area contributed by atoms with Crippen molar-refractivity contribution in [2.24, 2.45) is 11.8 Å². The molecule has 3 aromatic rings. The van der Waals surface area contributed by atoms with E-state index in [1.807, 2.05) is 6.08 Å². The minimum Gasteiger partial charge on any atom is -0.481 e. The summed E-state index contributed by atoms with van der Waals surface area (Å²) in [5, 5.41) is 9.13. The number of carboxylic acids is 1. The largest absolute Gasteiger partial charge is 0.481 e. The zero-order valence-electron chi connectivity index (χ0n) is 24.3. The van der Waals surface area contributed by atoms with Crippen molar-refractivity contribution in [2.45, 2.75) is 86.0 Å². The van der Waals surface area contributed by atoms with Gasteiger partial charge in [-0.15, -0.1) is 6.58 Å².